The van der Waals surface area contributed by atoms with E-state index in [-0.39, 0.29) is 18.6 Å². The first-order chi connectivity index (χ1) is 9.26. The van der Waals surface area contributed by atoms with Crippen molar-refractivity contribution in [3.63, 3.8) is 0 Å². The highest BCUT2D eigenvalue weighted by Gasteiger charge is 2.28. The SMILES string of the molecule is CCNc1cccc(C(=O)N2CCOCC2CO)n1. The third kappa shape index (κ3) is 3.21. The number of hydrogen-bond donors (Lipinski definition) is 2. The molecule has 0 bridgehead atoms. The zero-order valence-corrected chi connectivity index (χ0v) is 11.0. The molecule has 1 fully saturated rings. The molecule has 1 aliphatic rings. The van der Waals surface area contributed by atoms with Crippen LogP contribution in [0, 0.1) is 0 Å². The molecule has 1 amide bonds. The molecule has 0 aliphatic carbocycles. The molecule has 1 atom stereocenters. The second-order valence-corrected chi connectivity index (χ2v) is 4.35. The lowest BCUT2D eigenvalue weighted by molar-refractivity contribution is -0.0186. The van der Waals surface area contributed by atoms with Crippen LogP contribution < -0.4 is 5.32 Å². The van der Waals surface area contributed by atoms with Gasteiger partial charge in [-0.25, -0.2) is 4.98 Å². The smallest absolute Gasteiger partial charge is 0.273 e. The number of hydrogen-bond acceptors (Lipinski definition) is 5. The average molecular weight is 265 g/mol. The van der Waals surface area contributed by atoms with Gasteiger partial charge in [0.1, 0.15) is 11.5 Å². The standard InChI is InChI=1S/C13H19N3O3/c1-2-14-12-5-3-4-11(15-12)13(18)16-6-7-19-9-10(16)8-17/h3-5,10,17H,2,6-9H2,1H3,(H,14,15). The zero-order valence-electron chi connectivity index (χ0n) is 11.0. The predicted octanol–water partition coefficient (Wildman–Crippen LogP) is 0.347. The van der Waals surface area contributed by atoms with Gasteiger partial charge in [-0.3, -0.25) is 4.79 Å². The van der Waals surface area contributed by atoms with Crippen molar-refractivity contribution in [3.8, 4) is 0 Å². The van der Waals surface area contributed by atoms with Crippen LogP contribution >= 0.6 is 0 Å². The summed E-state index contributed by atoms with van der Waals surface area (Å²) in [6.07, 6.45) is 0. The third-order valence-corrected chi connectivity index (χ3v) is 3.03. The summed E-state index contributed by atoms with van der Waals surface area (Å²) in [5.74, 6) is 0.518. The summed E-state index contributed by atoms with van der Waals surface area (Å²) in [5.41, 5.74) is 0.388. The highest BCUT2D eigenvalue weighted by Crippen LogP contribution is 2.13. The van der Waals surface area contributed by atoms with Gasteiger partial charge in [-0.1, -0.05) is 6.07 Å². The van der Waals surface area contributed by atoms with Crippen molar-refractivity contribution in [1.29, 1.82) is 0 Å². The van der Waals surface area contributed by atoms with Crippen LogP contribution in [-0.4, -0.2) is 59.8 Å². The van der Waals surface area contributed by atoms with E-state index in [0.717, 1.165) is 6.54 Å². The van der Waals surface area contributed by atoms with E-state index in [2.05, 4.69) is 10.3 Å². The second-order valence-electron chi connectivity index (χ2n) is 4.35. The molecule has 104 valence electrons. The lowest BCUT2D eigenvalue weighted by Crippen LogP contribution is -2.50. The Kier molecular flexibility index (Phi) is 4.70. The molecule has 0 saturated carbocycles. The molecule has 0 radical (unpaired) electrons. The van der Waals surface area contributed by atoms with Gasteiger partial charge < -0.3 is 20.1 Å². The minimum absolute atomic E-state index is 0.0986. The number of aliphatic hydroxyl groups is 1. The van der Waals surface area contributed by atoms with Gasteiger partial charge in [0.25, 0.3) is 5.91 Å². The molecule has 1 aromatic rings. The van der Waals surface area contributed by atoms with E-state index in [9.17, 15) is 9.90 Å². The van der Waals surface area contributed by atoms with Crippen LogP contribution in [0.3, 0.4) is 0 Å². The number of aliphatic hydroxyl groups excluding tert-OH is 1. The van der Waals surface area contributed by atoms with Gasteiger partial charge >= 0.3 is 0 Å². The molecule has 0 aromatic carbocycles. The minimum Gasteiger partial charge on any atom is -0.394 e. The zero-order chi connectivity index (χ0) is 13.7. The summed E-state index contributed by atoms with van der Waals surface area (Å²) in [4.78, 5) is 18.3. The summed E-state index contributed by atoms with van der Waals surface area (Å²) >= 11 is 0. The number of anilines is 1. The predicted molar refractivity (Wildman–Crippen MR) is 71.1 cm³/mol. The van der Waals surface area contributed by atoms with Crippen LogP contribution in [0.2, 0.25) is 0 Å². The molecule has 0 spiro atoms. The summed E-state index contributed by atoms with van der Waals surface area (Å²) in [6.45, 7) is 3.97. The normalized spacial score (nSPS) is 19.3. The summed E-state index contributed by atoms with van der Waals surface area (Å²) in [7, 11) is 0. The van der Waals surface area contributed by atoms with Crippen LogP contribution in [0.5, 0.6) is 0 Å². The van der Waals surface area contributed by atoms with E-state index in [0.29, 0.717) is 31.3 Å². The van der Waals surface area contributed by atoms with Crippen molar-refractivity contribution in [1.82, 2.24) is 9.88 Å². The Morgan fingerprint density at radius 1 is 1.63 bits per heavy atom. The van der Waals surface area contributed by atoms with Crippen molar-refractivity contribution in [2.75, 3.05) is 38.2 Å². The van der Waals surface area contributed by atoms with Gasteiger partial charge in [0.15, 0.2) is 0 Å². The van der Waals surface area contributed by atoms with E-state index in [1.54, 1.807) is 17.0 Å². The molecule has 1 aromatic heterocycles. The van der Waals surface area contributed by atoms with Crippen LogP contribution in [0.15, 0.2) is 18.2 Å². The Bertz CT molecular complexity index is 439. The van der Waals surface area contributed by atoms with Gasteiger partial charge in [0.05, 0.1) is 25.9 Å². The largest absolute Gasteiger partial charge is 0.394 e. The summed E-state index contributed by atoms with van der Waals surface area (Å²) < 4.78 is 5.26. The van der Waals surface area contributed by atoms with E-state index in [1.807, 2.05) is 13.0 Å². The monoisotopic (exact) mass is 265 g/mol. The molecule has 1 unspecified atom stereocenters. The Morgan fingerprint density at radius 3 is 3.21 bits per heavy atom. The Balaban J connectivity index is 2.15. The first kappa shape index (κ1) is 13.8. The lowest BCUT2D eigenvalue weighted by atomic mass is 10.2. The average Bonchev–Trinajstić information content (AvgIpc) is 2.47. The van der Waals surface area contributed by atoms with Crippen molar-refractivity contribution < 1.29 is 14.6 Å². The Morgan fingerprint density at radius 2 is 2.47 bits per heavy atom. The van der Waals surface area contributed by atoms with Gasteiger partial charge in [0.2, 0.25) is 0 Å². The maximum atomic E-state index is 12.4. The van der Waals surface area contributed by atoms with Crippen LogP contribution in [0.25, 0.3) is 0 Å². The highest BCUT2D eigenvalue weighted by atomic mass is 16.5. The summed E-state index contributed by atoms with van der Waals surface area (Å²) in [6, 6.07) is 5.02. The Hall–Kier alpha value is -1.66. The van der Waals surface area contributed by atoms with Gasteiger partial charge in [-0.05, 0) is 19.1 Å². The number of pyridine rings is 1. The van der Waals surface area contributed by atoms with Crippen LogP contribution in [0.1, 0.15) is 17.4 Å². The van der Waals surface area contributed by atoms with E-state index >= 15 is 0 Å². The number of aromatic nitrogens is 1. The number of rotatable bonds is 4. The lowest BCUT2D eigenvalue weighted by Gasteiger charge is -2.34. The number of amides is 1. The van der Waals surface area contributed by atoms with Gasteiger partial charge in [0, 0.05) is 13.1 Å². The van der Waals surface area contributed by atoms with Crippen molar-refractivity contribution in [2.24, 2.45) is 0 Å². The molecule has 2 heterocycles. The topological polar surface area (TPSA) is 74.7 Å². The number of morpholine rings is 1. The molecule has 2 N–H and O–H groups in total. The maximum absolute atomic E-state index is 12.4. The third-order valence-electron chi connectivity index (χ3n) is 3.03. The van der Waals surface area contributed by atoms with Crippen molar-refractivity contribution >= 4 is 11.7 Å². The van der Waals surface area contributed by atoms with E-state index in [4.69, 9.17) is 4.74 Å². The first-order valence-electron chi connectivity index (χ1n) is 6.46. The molecular formula is C13H19N3O3. The van der Waals surface area contributed by atoms with E-state index in [1.165, 1.54) is 0 Å². The van der Waals surface area contributed by atoms with Crippen molar-refractivity contribution in [2.45, 2.75) is 13.0 Å². The minimum atomic E-state index is -0.286. The molecule has 1 saturated heterocycles. The molecule has 19 heavy (non-hydrogen) atoms. The van der Waals surface area contributed by atoms with E-state index < -0.39 is 0 Å². The van der Waals surface area contributed by atoms with Crippen LogP contribution in [0.4, 0.5) is 5.82 Å². The maximum Gasteiger partial charge on any atom is 0.273 e. The quantitative estimate of drug-likeness (QED) is 0.821. The molecule has 6 nitrogen and oxygen atoms in total. The fourth-order valence-corrected chi connectivity index (χ4v) is 2.05. The Labute approximate surface area is 112 Å². The number of carbonyl (C=O) groups excluding carboxylic acids is 1. The number of ether oxygens (including phenoxy) is 1. The first-order valence-corrected chi connectivity index (χ1v) is 6.46. The molecule has 1 aliphatic heterocycles. The number of nitrogens with zero attached hydrogens (tertiary/aromatic N) is 2. The van der Waals surface area contributed by atoms with Crippen LogP contribution in [-0.2, 0) is 4.74 Å². The van der Waals surface area contributed by atoms with Gasteiger partial charge in [-0.2, -0.15) is 0 Å². The fourth-order valence-electron chi connectivity index (χ4n) is 2.05. The molecule has 2 rings (SSSR count). The van der Waals surface area contributed by atoms with Gasteiger partial charge in [-0.15, -0.1) is 0 Å². The number of nitrogens with one attached hydrogen (secondary N) is 1. The highest BCUT2D eigenvalue weighted by molar-refractivity contribution is 5.93. The second kappa shape index (κ2) is 6.49. The number of carbonyl (C=O) groups is 1. The molecular weight excluding hydrogens is 246 g/mol. The summed E-state index contributed by atoms with van der Waals surface area (Å²) in [5, 5.41) is 12.4. The fraction of sp³-hybridized carbons (Fsp3) is 0.538. The van der Waals surface area contributed by atoms with Crippen molar-refractivity contribution in [3.05, 3.63) is 23.9 Å². The molecule has 6 heteroatoms.